The Bertz CT molecular complexity index is 111. The molecule has 0 aromatic carbocycles. The second-order valence-electron chi connectivity index (χ2n) is 4.21. The standard InChI is InChI=1S/C10H22S/c1-6-7-10(2)8-9-11(3,4)5/h6,10H,1,7-9H2,2-5H3. The largest absolute Gasteiger partial charge is 0.250 e. The average molecular weight is 174 g/mol. The van der Waals surface area contributed by atoms with Crippen LogP contribution in [0.5, 0.6) is 0 Å². The van der Waals surface area contributed by atoms with Gasteiger partial charge in [-0.15, -0.1) is 6.58 Å². The molecule has 0 radical (unpaired) electrons. The molecule has 0 aromatic heterocycles. The van der Waals surface area contributed by atoms with E-state index in [1.165, 1.54) is 18.6 Å². The third kappa shape index (κ3) is 7.99. The van der Waals surface area contributed by atoms with Gasteiger partial charge in [0.15, 0.2) is 0 Å². The number of hydrogen-bond acceptors (Lipinski definition) is 0. The number of allylic oxidation sites excluding steroid dienone is 1. The molecule has 0 heterocycles. The average Bonchev–Trinajstić information content (AvgIpc) is 1.83. The van der Waals surface area contributed by atoms with Gasteiger partial charge in [0.05, 0.1) is 0 Å². The van der Waals surface area contributed by atoms with Crippen molar-refractivity contribution in [2.45, 2.75) is 19.8 Å². The van der Waals surface area contributed by atoms with Crippen LogP contribution in [0.3, 0.4) is 0 Å². The smallest absolute Gasteiger partial charge is 0.0233 e. The zero-order chi connectivity index (χ0) is 8.91. The van der Waals surface area contributed by atoms with Crippen molar-refractivity contribution in [1.29, 1.82) is 0 Å². The molecule has 0 spiro atoms. The Balaban J connectivity index is 3.45. The molecule has 0 aromatic rings. The summed E-state index contributed by atoms with van der Waals surface area (Å²) in [6, 6.07) is 0. The van der Waals surface area contributed by atoms with Crippen molar-refractivity contribution < 1.29 is 0 Å². The molecule has 0 rings (SSSR count). The summed E-state index contributed by atoms with van der Waals surface area (Å²) in [5.41, 5.74) is 0. The van der Waals surface area contributed by atoms with Gasteiger partial charge in [-0.3, -0.25) is 0 Å². The Morgan fingerprint density at radius 2 is 1.91 bits per heavy atom. The Morgan fingerprint density at radius 1 is 1.36 bits per heavy atom. The molecular weight excluding hydrogens is 152 g/mol. The van der Waals surface area contributed by atoms with Crippen LogP contribution in [0.1, 0.15) is 19.8 Å². The van der Waals surface area contributed by atoms with Gasteiger partial charge < -0.3 is 0 Å². The highest BCUT2D eigenvalue weighted by Crippen LogP contribution is 2.36. The highest BCUT2D eigenvalue weighted by Gasteiger charge is 2.06. The first-order valence-corrected chi connectivity index (χ1v) is 7.25. The van der Waals surface area contributed by atoms with Gasteiger partial charge >= 0.3 is 0 Å². The van der Waals surface area contributed by atoms with E-state index >= 15 is 0 Å². The molecule has 0 N–H and O–H groups in total. The molecule has 0 aliphatic heterocycles. The summed E-state index contributed by atoms with van der Waals surface area (Å²) >= 11 is 0. The van der Waals surface area contributed by atoms with E-state index in [2.05, 4.69) is 32.3 Å². The van der Waals surface area contributed by atoms with Crippen LogP contribution in [0.15, 0.2) is 12.7 Å². The lowest BCUT2D eigenvalue weighted by molar-refractivity contribution is 0.576. The normalized spacial score (nSPS) is 16.0. The molecule has 0 saturated heterocycles. The summed E-state index contributed by atoms with van der Waals surface area (Å²) in [6.07, 6.45) is 11.7. The van der Waals surface area contributed by atoms with E-state index in [1.54, 1.807) is 0 Å². The van der Waals surface area contributed by atoms with Gasteiger partial charge in [-0.1, -0.05) is 13.0 Å². The molecule has 1 heteroatoms. The van der Waals surface area contributed by atoms with Crippen molar-refractivity contribution in [3.8, 4) is 0 Å². The van der Waals surface area contributed by atoms with Crippen molar-refractivity contribution in [2.75, 3.05) is 24.5 Å². The molecule has 11 heavy (non-hydrogen) atoms. The first kappa shape index (κ1) is 11.1. The van der Waals surface area contributed by atoms with Gasteiger partial charge in [0.25, 0.3) is 0 Å². The van der Waals surface area contributed by atoms with Crippen LogP contribution < -0.4 is 0 Å². The lowest BCUT2D eigenvalue weighted by Crippen LogP contribution is -2.03. The minimum absolute atomic E-state index is 0.272. The van der Waals surface area contributed by atoms with Crippen LogP contribution in [0.4, 0.5) is 0 Å². The van der Waals surface area contributed by atoms with E-state index in [0.29, 0.717) is 0 Å². The number of hydrogen-bond donors (Lipinski definition) is 0. The maximum absolute atomic E-state index is 3.75. The molecular formula is C10H22S. The van der Waals surface area contributed by atoms with Gasteiger partial charge in [0, 0.05) is 0 Å². The topological polar surface area (TPSA) is 0 Å². The molecule has 1 atom stereocenters. The first-order chi connectivity index (χ1) is 4.95. The highest BCUT2D eigenvalue weighted by molar-refractivity contribution is 8.32. The summed E-state index contributed by atoms with van der Waals surface area (Å²) in [7, 11) is -0.272. The van der Waals surface area contributed by atoms with Crippen molar-refractivity contribution in [3.63, 3.8) is 0 Å². The van der Waals surface area contributed by atoms with Crippen molar-refractivity contribution in [2.24, 2.45) is 5.92 Å². The van der Waals surface area contributed by atoms with Gasteiger partial charge in [-0.05, 0) is 43.3 Å². The van der Waals surface area contributed by atoms with Crippen LogP contribution in [0.25, 0.3) is 0 Å². The Labute approximate surface area is 73.4 Å². The second-order valence-corrected chi connectivity index (χ2v) is 8.80. The molecule has 0 fully saturated rings. The minimum Gasteiger partial charge on any atom is -0.250 e. The summed E-state index contributed by atoms with van der Waals surface area (Å²) < 4.78 is 0. The van der Waals surface area contributed by atoms with Crippen LogP contribution >= 0.6 is 10.0 Å². The fourth-order valence-corrected chi connectivity index (χ4v) is 2.07. The Hall–Kier alpha value is 0.0900. The van der Waals surface area contributed by atoms with Crippen LogP contribution in [-0.4, -0.2) is 24.5 Å². The van der Waals surface area contributed by atoms with Crippen molar-refractivity contribution in [3.05, 3.63) is 12.7 Å². The molecule has 0 amide bonds. The third-order valence-electron chi connectivity index (χ3n) is 1.79. The molecule has 1 unspecified atom stereocenters. The predicted octanol–water partition coefficient (Wildman–Crippen LogP) is 3.28. The molecule has 68 valence electrons. The quantitative estimate of drug-likeness (QED) is 0.561. The van der Waals surface area contributed by atoms with Crippen LogP contribution in [0, 0.1) is 5.92 Å². The van der Waals surface area contributed by atoms with Crippen LogP contribution in [0.2, 0.25) is 0 Å². The van der Waals surface area contributed by atoms with Gasteiger partial charge in [-0.25, -0.2) is 10.0 Å². The third-order valence-corrected chi connectivity index (χ3v) is 3.25. The van der Waals surface area contributed by atoms with E-state index in [4.69, 9.17) is 0 Å². The van der Waals surface area contributed by atoms with Crippen molar-refractivity contribution >= 4 is 10.0 Å². The molecule has 0 aliphatic carbocycles. The lowest BCUT2D eigenvalue weighted by Gasteiger charge is -2.26. The predicted molar refractivity (Wildman–Crippen MR) is 58.8 cm³/mol. The Kier molecular flexibility index (Phi) is 4.91. The summed E-state index contributed by atoms with van der Waals surface area (Å²) in [6.45, 7) is 6.06. The second kappa shape index (κ2) is 4.87. The lowest BCUT2D eigenvalue weighted by atomic mass is 10.1. The van der Waals surface area contributed by atoms with E-state index in [1.807, 2.05) is 6.08 Å². The van der Waals surface area contributed by atoms with Crippen LogP contribution in [-0.2, 0) is 0 Å². The van der Waals surface area contributed by atoms with E-state index in [9.17, 15) is 0 Å². The van der Waals surface area contributed by atoms with E-state index < -0.39 is 0 Å². The summed E-state index contributed by atoms with van der Waals surface area (Å²) in [5.74, 6) is 2.24. The minimum atomic E-state index is -0.272. The molecule has 0 saturated carbocycles. The molecule has 0 aliphatic rings. The molecule has 0 bridgehead atoms. The number of rotatable bonds is 5. The van der Waals surface area contributed by atoms with Gasteiger partial charge in [0.1, 0.15) is 0 Å². The molecule has 0 nitrogen and oxygen atoms in total. The van der Waals surface area contributed by atoms with Crippen molar-refractivity contribution in [1.82, 2.24) is 0 Å². The highest BCUT2D eigenvalue weighted by atomic mass is 32.3. The Morgan fingerprint density at radius 3 is 2.27 bits per heavy atom. The summed E-state index contributed by atoms with van der Waals surface area (Å²) in [4.78, 5) is 0. The van der Waals surface area contributed by atoms with E-state index in [-0.39, 0.29) is 10.0 Å². The maximum atomic E-state index is 3.75. The fraction of sp³-hybridized carbons (Fsp3) is 0.800. The maximum Gasteiger partial charge on any atom is -0.0233 e. The van der Waals surface area contributed by atoms with Gasteiger partial charge in [0.2, 0.25) is 0 Å². The first-order valence-electron chi connectivity index (χ1n) is 4.22. The summed E-state index contributed by atoms with van der Waals surface area (Å²) in [5, 5.41) is 0. The fourth-order valence-electron chi connectivity index (χ4n) is 0.957. The van der Waals surface area contributed by atoms with E-state index in [0.717, 1.165) is 5.92 Å². The zero-order valence-corrected chi connectivity index (χ0v) is 9.21. The SMILES string of the molecule is C=CCC(C)CCS(C)(C)C. The zero-order valence-electron chi connectivity index (χ0n) is 8.39. The van der Waals surface area contributed by atoms with Gasteiger partial charge in [-0.2, -0.15) is 0 Å². The monoisotopic (exact) mass is 174 g/mol.